The monoisotopic (exact) mass is 269 g/mol. The highest BCUT2D eigenvalue weighted by atomic mass is 79.9. The van der Waals surface area contributed by atoms with Gasteiger partial charge in [-0.15, -0.1) is 0 Å². The molecule has 0 aliphatic heterocycles. The molecule has 0 heterocycles. The van der Waals surface area contributed by atoms with Crippen LogP contribution in [0.1, 0.15) is 33.1 Å². The van der Waals surface area contributed by atoms with Crippen LogP contribution >= 0.6 is 31.9 Å². The van der Waals surface area contributed by atoms with Gasteiger partial charge in [-0.2, -0.15) is 0 Å². The van der Waals surface area contributed by atoms with Gasteiger partial charge in [0, 0.05) is 9.65 Å². The summed E-state index contributed by atoms with van der Waals surface area (Å²) >= 11 is 7.14. The van der Waals surface area contributed by atoms with E-state index in [-0.39, 0.29) is 0 Å². The van der Waals surface area contributed by atoms with Crippen molar-refractivity contribution >= 4 is 31.9 Å². The molecule has 61 valence electrons. The van der Waals surface area contributed by atoms with Crippen molar-refractivity contribution in [1.82, 2.24) is 0 Å². The lowest BCUT2D eigenvalue weighted by molar-refractivity contribution is 0.698. The molecular formula is C8H15Br2. The Morgan fingerprint density at radius 3 is 2.30 bits per heavy atom. The van der Waals surface area contributed by atoms with Crippen LogP contribution in [0.5, 0.6) is 0 Å². The van der Waals surface area contributed by atoms with Crippen molar-refractivity contribution in [3.8, 4) is 0 Å². The lowest BCUT2D eigenvalue weighted by Crippen LogP contribution is -2.00. The topological polar surface area (TPSA) is 0 Å². The Morgan fingerprint density at radius 1 is 1.30 bits per heavy atom. The summed E-state index contributed by atoms with van der Waals surface area (Å²) in [5.74, 6) is 0. The van der Waals surface area contributed by atoms with Crippen molar-refractivity contribution in [2.75, 3.05) is 0 Å². The number of halogens is 2. The van der Waals surface area contributed by atoms with Gasteiger partial charge >= 0.3 is 0 Å². The molecule has 0 rings (SSSR count). The maximum atomic E-state index is 3.61. The predicted molar refractivity (Wildman–Crippen MR) is 54.9 cm³/mol. The fourth-order valence-electron chi connectivity index (χ4n) is 0.784. The molecule has 2 heteroatoms. The summed E-state index contributed by atoms with van der Waals surface area (Å²) in [6, 6.07) is 0. The second kappa shape index (κ2) is 6.66. The number of alkyl halides is 2. The van der Waals surface area contributed by atoms with Gasteiger partial charge in [-0.05, 0) is 25.7 Å². The van der Waals surface area contributed by atoms with Crippen LogP contribution < -0.4 is 0 Å². The Kier molecular flexibility index (Phi) is 7.30. The summed E-state index contributed by atoms with van der Waals surface area (Å²) in [5, 5.41) is 0. The standard InChI is InChI=1S/C8H15Br2/c1-3-4-8(10)6-5-7(2)9/h3,7-8H,4-6H2,1-2H3. The van der Waals surface area contributed by atoms with Crippen LogP contribution in [-0.4, -0.2) is 9.65 Å². The lowest BCUT2D eigenvalue weighted by Gasteiger charge is -2.08. The van der Waals surface area contributed by atoms with Gasteiger partial charge in [-0.1, -0.05) is 45.7 Å². The molecular weight excluding hydrogens is 256 g/mol. The molecule has 0 nitrogen and oxygen atoms in total. The van der Waals surface area contributed by atoms with Crippen LogP contribution in [0.3, 0.4) is 0 Å². The number of rotatable bonds is 5. The Bertz CT molecular complexity index is 71.7. The third-order valence-corrected chi connectivity index (χ3v) is 2.66. The first kappa shape index (κ1) is 11.0. The van der Waals surface area contributed by atoms with E-state index in [4.69, 9.17) is 0 Å². The summed E-state index contributed by atoms with van der Waals surface area (Å²) in [4.78, 5) is 1.34. The number of hydrogen-bond acceptors (Lipinski definition) is 0. The fourth-order valence-corrected chi connectivity index (χ4v) is 1.69. The molecule has 2 atom stereocenters. The first-order valence-electron chi connectivity index (χ1n) is 3.72. The van der Waals surface area contributed by atoms with Crippen molar-refractivity contribution in [3.05, 3.63) is 6.42 Å². The van der Waals surface area contributed by atoms with E-state index in [1.165, 1.54) is 19.3 Å². The van der Waals surface area contributed by atoms with Crippen LogP contribution in [-0.2, 0) is 0 Å². The van der Waals surface area contributed by atoms with Gasteiger partial charge < -0.3 is 0 Å². The molecule has 0 fully saturated rings. The van der Waals surface area contributed by atoms with E-state index < -0.39 is 0 Å². The van der Waals surface area contributed by atoms with Gasteiger partial charge in [0.05, 0.1) is 0 Å². The average molecular weight is 271 g/mol. The second-order valence-electron chi connectivity index (χ2n) is 2.60. The molecule has 0 aliphatic rings. The first-order chi connectivity index (χ1) is 4.66. The maximum Gasteiger partial charge on any atom is 0.0148 e. The van der Waals surface area contributed by atoms with E-state index >= 15 is 0 Å². The van der Waals surface area contributed by atoms with E-state index in [9.17, 15) is 0 Å². The molecule has 0 spiro atoms. The van der Waals surface area contributed by atoms with Crippen molar-refractivity contribution in [1.29, 1.82) is 0 Å². The van der Waals surface area contributed by atoms with E-state index in [1.54, 1.807) is 0 Å². The highest BCUT2D eigenvalue weighted by Crippen LogP contribution is 2.17. The third kappa shape index (κ3) is 7.07. The molecule has 0 aromatic carbocycles. The van der Waals surface area contributed by atoms with Crippen molar-refractivity contribution in [2.24, 2.45) is 0 Å². The minimum Gasteiger partial charge on any atom is -0.0894 e. The van der Waals surface area contributed by atoms with Crippen molar-refractivity contribution in [3.63, 3.8) is 0 Å². The molecule has 10 heavy (non-hydrogen) atoms. The zero-order chi connectivity index (χ0) is 7.98. The van der Waals surface area contributed by atoms with Crippen LogP contribution in [0.25, 0.3) is 0 Å². The Hall–Kier alpha value is 0.960. The molecule has 0 aliphatic carbocycles. The SMILES string of the molecule is C[CH]CC(Br)CCC(C)Br. The van der Waals surface area contributed by atoms with Crippen molar-refractivity contribution < 1.29 is 0 Å². The zero-order valence-electron chi connectivity index (χ0n) is 6.61. The maximum absolute atomic E-state index is 3.61. The van der Waals surface area contributed by atoms with E-state index in [0.29, 0.717) is 9.65 Å². The quantitative estimate of drug-likeness (QED) is 0.664. The molecule has 1 radical (unpaired) electrons. The molecule has 0 N–H and O–H groups in total. The lowest BCUT2D eigenvalue weighted by atomic mass is 10.1. The summed E-state index contributed by atoms with van der Waals surface area (Å²) in [7, 11) is 0. The van der Waals surface area contributed by atoms with Crippen LogP contribution in [0.4, 0.5) is 0 Å². The van der Waals surface area contributed by atoms with E-state index in [2.05, 4.69) is 52.1 Å². The van der Waals surface area contributed by atoms with Crippen LogP contribution in [0.2, 0.25) is 0 Å². The Balaban J connectivity index is 3.12. The predicted octanol–water partition coefficient (Wildman–Crippen LogP) is 3.93. The average Bonchev–Trinajstić information content (AvgIpc) is 1.85. The largest absolute Gasteiger partial charge is 0.0894 e. The summed E-state index contributed by atoms with van der Waals surface area (Å²) < 4.78 is 0. The molecule has 0 saturated heterocycles. The molecule has 0 aromatic rings. The summed E-state index contributed by atoms with van der Waals surface area (Å²) in [6.45, 7) is 4.29. The molecule has 0 aromatic heterocycles. The summed E-state index contributed by atoms with van der Waals surface area (Å²) in [6.07, 6.45) is 5.90. The smallest absolute Gasteiger partial charge is 0.0148 e. The highest BCUT2D eigenvalue weighted by Gasteiger charge is 2.03. The van der Waals surface area contributed by atoms with Gasteiger partial charge in [-0.25, -0.2) is 0 Å². The van der Waals surface area contributed by atoms with Gasteiger partial charge in [-0.3, -0.25) is 0 Å². The minimum atomic E-state index is 0.657. The van der Waals surface area contributed by atoms with E-state index in [1.807, 2.05) is 0 Å². The second-order valence-corrected chi connectivity index (χ2v) is 5.46. The normalized spacial score (nSPS) is 16.8. The molecule has 2 unspecified atom stereocenters. The van der Waals surface area contributed by atoms with E-state index in [0.717, 1.165) is 0 Å². The van der Waals surface area contributed by atoms with Gasteiger partial charge in [0.1, 0.15) is 0 Å². The molecule has 0 bridgehead atoms. The van der Waals surface area contributed by atoms with Gasteiger partial charge in [0.15, 0.2) is 0 Å². The molecule has 0 saturated carbocycles. The van der Waals surface area contributed by atoms with Crippen LogP contribution in [0, 0.1) is 6.42 Å². The van der Waals surface area contributed by atoms with Crippen molar-refractivity contribution in [2.45, 2.75) is 42.8 Å². The summed E-state index contributed by atoms with van der Waals surface area (Å²) in [5.41, 5.74) is 0. The first-order valence-corrected chi connectivity index (χ1v) is 5.56. The van der Waals surface area contributed by atoms with Gasteiger partial charge in [0.25, 0.3) is 0 Å². The zero-order valence-corrected chi connectivity index (χ0v) is 9.78. The molecule has 0 amide bonds. The fraction of sp³-hybridized carbons (Fsp3) is 0.875. The Morgan fingerprint density at radius 2 is 1.90 bits per heavy atom. The van der Waals surface area contributed by atoms with Gasteiger partial charge in [0.2, 0.25) is 0 Å². The number of hydrogen-bond donors (Lipinski definition) is 0. The Labute approximate surface area is 81.0 Å². The third-order valence-electron chi connectivity index (χ3n) is 1.37. The van der Waals surface area contributed by atoms with Crippen LogP contribution in [0.15, 0.2) is 0 Å². The minimum absolute atomic E-state index is 0.657. The highest BCUT2D eigenvalue weighted by molar-refractivity contribution is 9.09.